The maximum Gasteiger partial charge on any atom is 0.414 e. The van der Waals surface area contributed by atoms with Gasteiger partial charge in [-0.1, -0.05) is 18.6 Å². The molecule has 0 spiro atoms. The monoisotopic (exact) mass is 563 g/mol. The second kappa shape index (κ2) is 13.0. The molecule has 4 rings (SSSR count). The van der Waals surface area contributed by atoms with Crippen LogP contribution in [-0.4, -0.2) is 76.2 Å². The van der Waals surface area contributed by atoms with E-state index in [1.54, 1.807) is 26.2 Å². The molecule has 1 fully saturated rings. The smallest absolute Gasteiger partial charge is 0.410 e. The van der Waals surface area contributed by atoms with Gasteiger partial charge in [0.05, 0.1) is 4.90 Å². The van der Waals surface area contributed by atoms with Gasteiger partial charge in [-0.3, -0.25) is 9.69 Å². The molecule has 2 aliphatic rings. The molecule has 38 heavy (non-hydrogen) atoms. The van der Waals surface area contributed by atoms with E-state index >= 15 is 0 Å². The first kappa shape index (κ1) is 29.9. The molecule has 1 N–H and O–H groups in total. The van der Waals surface area contributed by atoms with E-state index in [0.29, 0.717) is 29.8 Å². The van der Waals surface area contributed by atoms with Crippen molar-refractivity contribution < 1.29 is 22.7 Å². The van der Waals surface area contributed by atoms with Crippen LogP contribution < -0.4 is 10.1 Å². The average Bonchev–Trinajstić information content (AvgIpc) is 3.29. The molecule has 2 aromatic carbocycles. The molecule has 1 saturated heterocycles. The number of ether oxygens (including phenoxy) is 1. The number of sulfone groups is 1. The summed E-state index contributed by atoms with van der Waals surface area (Å²) < 4.78 is 28.8. The van der Waals surface area contributed by atoms with E-state index < -0.39 is 9.84 Å². The van der Waals surface area contributed by atoms with Crippen molar-refractivity contribution in [3.05, 3.63) is 59.2 Å². The van der Waals surface area contributed by atoms with Crippen LogP contribution in [0.15, 0.2) is 47.4 Å². The quantitative estimate of drug-likeness (QED) is 0.458. The molecule has 1 aliphatic heterocycles. The molecule has 1 heterocycles. The van der Waals surface area contributed by atoms with E-state index in [1.807, 2.05) is 12.1 Å². The minimum Gasteiger partial charge on any atom is -0.410 e. The second-order valence-electron chi connectivity index (χ2n) is 10.2. The third-order valence-electron chi connectivity index (χ3n) is 7.43. The van der Waals surface area contributed by atoms with Crippen LogP contribution in [0.3, 0.4) is 0 Å². The fourth-order valence-corrected chi connectivity index (χ4v) is 6.12. The topological polar surface area (TPSA) is 96.0 Å². The molecule has 2 aromatic rings. The first-order valence-electron chi connectivity index (χ1n) is 13.0. The Kier molecular flexibility index (Phi) is 10.2. The molecule has 2 amide bonds. The number of likely N-dealkylation sites (tertiary alicyclic amines) is 1. The molecule has 1 aliphatic carbocycles. The number of unbranched alkanes of at least 4 members (excludes halogenated alkanes) is 2. The summed E-state index contributed by atoms with van der Waals surface area (Å²) in [4.78, 5) is 28.7. The van der Waals surface area contributed by atoms with Gasteiger partial charge >= 0.3 is 6.09 Å². The lowest BCUT2D eigenvalue weighted by molar-refractivity contribution is 0.0952. The highest BCUT2D eigenvalue weighted by Crippen LogP contribution is 2.44. The highest BCUT2D eigenvalue weighted by molar-refractivity contribution is 7.90. The lowest BCUT2D eigenvalue weighted by Crippen LogP contribution is -2.36. The summed E-state index contributed by atoms with van der Waals surface area (Å²) in [6.07, 6.45) is 6.93. The molecule has 0 aromatic heterocycles. The Balaban J connectivity index is 0.00000400. The van der Waals surface area contributed by atoms with Gasteiger partial charge < -0.3 is 15.0 Å². The zero-order valence-electron chi connectivity index (χ0n) is 22.3. The van der Waals surface area contributed by atoms with Crippen LogP contribution in [0.5, 0.6) is 5.75 Å². The maximum atomic E-state index is 12.3. The van der Waals surface area contributed by atoms with Gasteiger partial charge in [-0.2, -0.15) is 0 Å². The normalized spacial score (nSPS) is 18.6. The second-order valence-corrected chi connectivity index (χ2v) is 12.3. The Morgan fingerprint density at radius 2 is 1.79 bits per heavy atom. The van der Waals surface area contributed by atoms with Crippen LogP contribution in [0, 0.1) is 0 Å². The number of nitrogens with zero attached hydrogens (tertiary/aromatic N) is 2. The summed E-state index contributed by atoms with van der Waals surface area (Å²) in [5.74, 6) is 0.996. The fourth-order valence-electron chi connectivity index (χ4n) is 5.49. The van der Waals surface area contributed by atoms with Gasteiger partial charge in [-0.05, 0) is 86.7 Å². The Hall–Kier alpha value is -2.62. The van der Waals surface area contributed by atoms with Gasteiger partial charge in [0.25, 0.3) is 5.91 Å². The van der Waals surface area contributed by atoms with Gasteiger partial charge in [-0.15, -0.1) is 12.4 Å². The standard InChI is InChI=1S/C28H37N3O5S.ClH/c1-30(2)28(33)36-26-9-7-8-22-23-16-19-31(25(23)15-14-24(22)26)18-6-4-5-17-29-27(32)20-10-12-21(13-11-20)37(3,34)35;/h7-13,23,25H,4-6,14-19H2,1-3H3,(H,29,32);1H/t23-,25+;/m0./s1. The van der Waals surface area contributed by atoms with Crippen molar-refractivity contribution >= 4 is 34.2 Å². The van der Waals surface area contributed by atoms with E-state index in [9.17, 15) is 18.0 Å². The molecule has 0 unspecified atom stereocenters. The Morgan fingerprint density at radius 3 is 2.47 bits per heavy atom. The number of halogens is 1. The van der Waals surface area contributed by atoms with Crippen molar-refractivity contribution in [1.29, 1.82) is 0 Å². The van der Waals surface area contributed by atoms with Gasteiger partial charge in [-0.25, -0.2) is 13.2 Å². The number of amides is 2. The van der Waals surface area contributed by atoms with Gasteiger partial charge in [0, 0.05) is 44.4 Å². The van der Waals surface area contributed by atoms with E-state index in [4.69, 9.17) is 4.74 Å². The third-order valence-corrected chi connectivity index (χ3v) is 8.56. The first-order chi connectivity index (χ1) is 17.6. The third kappa shape index (κ3) is 7.07. The summed E-state index contributed by atoms with van der Waals surface area (Å²) >= 11 is 0. The first-order valence-corrected chi connectivity index (χ1v) is 14.9. The SMILES string of the molecule is CN(C)C(=O)Oc1cccc2c1CC[C@@H]1[C@H]2CCN1CCCCCNC(=O)c1ccc(S(C)(=O)=O)cc1.Cl. The number of benzene rings is 2. The molecule has 10 heteroatoms. The Labute approximate surface area is 232 Å². The molecule has 0 bridgehead atoms. The predicted octanol–water partition coefficient (Wildman–Crippen LogP) is 4.28. The van der Waals surface area contributed by atoms with Crippen LogP contribution >= 0.6 is 12.4 Å². The number of carbonyl (C=O) groups is 2. The zero-order chi connectivity index (χ0) is 26.6. The molecular formula is C28H38ClN3O5S. The number of fused-ring (bicyclic) bond motifs is 3. The van der Waals surface area contributed by atoms with E-state index in [2.05, 4.69) is 16.3 Å². The summed E-state index contributed by atoms with van der Waals surface area (Å²) in [5, 5.41) is 2.93. The van der Waals surface area contributed by atoms with Crippen LogP contribution in [0.2, 0.25) is 0 Å². The van der Waals surface area contributed by atoms with Crippen molar-refractivity contribution in [3.8, 4) is 5.75 Å². The highest BCUT2D eigenvalue weighted by atomic mass is 35.5. The Bertz CT molecular complexity index is 1230. The van der Waals surface area contributed by atoms with Crippen LogP contribution in [-0.2, 0) is 16.3 Å². The average molecular weight is 564 g/mol. The summed E-state index contributed by atoms with van der Waals surface area (Å²) in [6.45, 7) is 2.73. The summed E-state index contributed by atoms with van der Waals surface area (Å²) in [7, 11) is 0.118. The molecule has 8 nitrogen and oxygen atoms in total. The molecule has 0 radical (unpaired) electrons. The number of carbonyl (C=O) groups excluding carboxylic acids is 2. The fraction of sp³-hybridized carbons (Fsp3) is 0.500. The molecule has 0 saturated carbocycles. The van der Waals surface area contributed by atoms with Gasteiger partial charge in [0.15, 0.2) is 9.84 Å². The number of hydrogen-bond acceptors (Lipinski definition) is 6. The van der Waals surface area contributed by atoms with Gasteiger partial charge in [0.2, 0.25) is 0 Å². The van der Waals surface area contributed by atoms with Crippen LogP contribution in [0.1, 0.15) is 59.5 Å². The number of rotatable bonds is 9. The minimum atomic E-state index is -3.27. The summed E-state index contributed by atoms with van der Waals surface area (Å²) in [6, 6.07) is 12.7. The largest absolute Gasteiger partial charge is 0.414 e. The van der Waals surface area contributed by atoms with E-state index in [1.165, 1.54) is 28.2 Å². The van der Waals surface area contributed by atoms with Crippen molar-refractivity contribution in [3.63, 3.8) is 0 Å². The van der Waals surface area contributed by atoms with Crippen molar-refractivity contribution in [2.24, 2.45) is 0 Å². The van der Waals surface area contributed by atoms with Crippen molar-refractivity contribution in [1.82, 2.24) is 15.1 Å². The minimum absolute atomic E-state index is 0. The Morgan fingerprint density at radius 1 is 1.05 bits per heavy atom. The molecule has 208 valence electrons. The van der Waals surface area contributed by atoms with Crippen molar-refractivity contribution in [2.45, 2.75) is 55.4 Å². The highest BCUT2D eigenvalue weighted by Gasteiger charge is 2.39. The van der Waals surface area contributed by atoms with Crippen LogP contribution in [0.25, 0.3) is 0 Å². The zero-order valence-corrected chi connectivity index (χ0v) is 23.9. The molecular weight excluding hydrogens is 526 g/mol. The molecule has 2 atom stereocenters. The van der Waals surface area contributed by atoms with E-state index in [0.717, 1.165) is 57.9 Å². The number of nitrogens with one attached hydrogen (secondary N) is 1. The lowest BCUT2D eigenvalue weighted by Gasteiger charge is -2.34. The predicted molar refractivity (Wildman–Crippen MR) is 150 cm³/mol. The lowest BCUT2D eigenvalue weighted by atomic mass is 9.79. The van der Waals surface area contributed by atoms with E-state index in [-0.39, 0.29) is 29.3 Å². The number of hydrogen-bond donors (Lipinski definition) is 1. The maximum absolute atomic E-state index is 12.3. The van der Waals surface area contributed by atoms with Crippen molar-refractivity contribution in [2.75, 3.05) is 40.0 Å². The van der Waals surface area contributed by atoms with Gasteiger partial charge in [0.1, 0.15) is 5.75 Å². The van der Waals surface area contributed by atoms with Crippen LogP contribution in [0.4, 0.5) is 4.79 Å². The summed E-state index contributed by atoms with van der Waals surface area (Å²) in [5.41, 5.74) is 2.98.